The molecule has 2 unspecified atom stereocenters. The maximum Gasteiger partial charge on any atom is 0.164 e. The van der Waals surface area contributed by atoms with E-state index in [-0.39, 0.29) is 11.5 Å². The Kier molecular flexibility index (Phi) is 4.30. The maximum atomic E-state index is 14.2. The molecule has 3 heteroatoms. The van der Waals surface area contributed by atoms with Gasteiger partial charge in [-0.25, -0.2) is 8.78 Å². The minimum absolute atomic E-state index is 0.0721. The highest BCUT2D eigenvalue weighted by Gasteiger charge is 2.45. The molecule has 1 aromatic carbocycles. The Morgan fingerprint density at radius 1 is 0.952 bits per heavy atom. The molecule has 3 rings (SSSR count). The predicted molar refractivity (Wildman–Crippen MR) is 78.8 cm³/mol. The van der Waals surface area contributed by atoms with Crippen LogP contribution in [0.25, 0.3) is 0 Å². The van der Waals surface area contributed by atoms with Crippen LogP contribution < -0.4 is 0 Å². The summed E-state index contributed by atoms with van der Waals surface area (Å²) in [6.07, 6.45) is 9.33. The zero-order valence-corrected chi connectivity index (χ0v) is 12.5. The van der Waals surface area contributed by atoms with Crippen molar-refractivity contribution < 1.29 is 13.9 Å². The number of hydrogen-bond donors (Lipinski definition) is 1. The van der Waals surface area contributed by atoms with Gasteiger partial charge in [0.05, 0.1) is 5.60 Å². The van der Waals surface area contributed by atoms with Crippen LogP contribution in [0.15, 0.2) is 18.2 Å². The first kappa shape index (κ1) is 15.0. The van der Waals surface area contributed by atoms with Crippen LogP contribution in [0.4, 0.5) is 8.78 Å². The Bertz CT molecular complexity index is 496. The Hall–Kier alpha value is -0.960. The van der Waals surface area contributed by atoms with Crippen LogP contribution in [0.3, 0.4) is 0 Å². The molecule has 0 radical (unpaired) electrons. The third-order valence-corrected chi connectivity index (χ3v) is 5.57. The Morgan fingerprint density at radius 3 is 2.43 bits per heavy atom. The van der Waals surface area contributed by atoms with Crippen molar-refractivity contribution in [1.82, 2.24) is 0 Å². The molecule has 2 aliphatic rings. The van der Waals surface area contributed by atoms with E-state index in [4.69, 9.17) is 0 Å². The first-order valence-electron chi connectivity index (χ1n) is 8.30. The molecule has 1 N–H and O–H groups in total. The summed E-state index contributed by atoms with van der Waals surface area (Å²) in [5.41, 5.74) is -1.01. The van der Waals surface area contributed by atoms with E-state index in [1.807, 2.05) is 0 Å². The van der Waals surface area contributed by atoms with Gasteiger partial charge in [-0.15, -0.1) is 0 Å². The second-order valence-electron chi connectivity index (χ2n) is 6.78. The van der Waals surface area contributed by atoms with Gasteiger partial charge in [0.15, 0.2) is 11.6 Å². The quantitative estimate of drug-likeness (QED) is 0.820. The third-order valence-electron chi connectivity index (χ3n) is 5.57. The molecule has 0 spiro atoms. The van der Waals surface area contributed by atoms with Crippen molar-refractivity contribution in [2.24, 2.45) is 11.8 Å². The Labute approximate surface area is 125 Å². The standard InChI is InChI=1S/C18H24F2O/c19-16-11-6-10-15(17(16)20)18(21)12-5-4-9-14(18)13-7-2-1-3-8-13/h6,10-11,13-14,21H,1-5,7-9,12H2. The molecule has 0 bridgehead atoms. The zero-order chi connectivity index (χ0) is 14.9. The molecule has 0 aromatic heterocycles. The van der Waals surface area contributed by atoms with Gasteiger partial charge in [-0.05, 0) is 30.7 Å². The Morgan fingerprint density at radius 2 is 1.67 bits per heavy atom. The van der Waals surface area contributed by atoms with Gasteiger partial charge in [0.25, 0.3) is 0 Å². The summed E-state index contributed by atoms with van der Waals surface area (Å²) in [6, 6.07) is 4.21. The zero-order valence-electron chi connectivity index (χ0n) is 12.5. The molecule has 21 heavy (non-hydrogen) atoms. The highest BCUT2D eigenvalue weighted by molar-refractivity contribution is 5.27. The molecular weight excluding hydrogens is 270 g/mol. The van der Waals surface area contributed by atoms with Crippen molar-refractivity contribution in [2.45, 2.75) is 63.4 Å². The highest BCUT2D eigenvalue weighted by Crippen LogP contribution is 2.49. The van der Waals surface area contributed by atoms with Gasteiger partial charge in [-0.1, -0.05) is 57.1 Å². The molecule has 0 heterocycles. The van der Waals surface area contributed by atoms with E-state index in [0.29, 0.717) is 12.3 Å². The topological polar surface area (TPSA) is 20.2 Å². The van der Waals surface area contributed by atoms with Gasteiger partial charge in [0, 0.05) is 5.56 Å². The monoisotopic (exact) mass is 294 g/mol. The largest absolute Gasteiger partial charge is 0.385 e. The first-order chi connectivity index (χ1) is 10.1. The fraction of sp³-hybridized carbons (Fsp3) is 0.667. The summed E-state index contributed by atoms with van der Waals surface area (Å²) in [5.74, 6) is -1.19. The molecule has 2 saturated carbocycles. The summed E-state index contributed by atoms with van der Waals surface area (Å²) in [4.78, 5) is 0. The number of halogens is 2. The Balaban J connectivity index is 1.96. The highest BCUT2D eigenvalue weighted by atomic mass is 19.2. The van der Waals surface area contributed by atoms with Crippen molar-refractivity contribution >= 4 is 0 Å². The first-order valence-corrected chi connectivity index (χ1v) is 8.30. The summed E-state index contributed by atoms with van der Waals surface area (Å²) in [6.45, 7) is 0. The molecule has 116 valence electrons. The summed E-state index contributed by atoms with van der Waals surface area (Å²) in [5, 5.41) is 11.3. The minimum atomic E-state index is -1.19. The van der Waals surface area contributed by atoms with Gasteiger partial charge >= 0.3 is 0 Å². The van der Waals surface area contributed by atoms with Crippen LogP contribution in [0.5, 0.6) is 0 Å². The average Bonchev–Trinajstić information content (AvgIpc) is 2.51. The summed E-state index contributed by atoms with van der Waals surface area (Å²) >= 11 is 0. The minimum Gasteiger partial charge on any atom is -0.385 e. The molecule has 1 aromatic rings. The van der Waals surface area contributed by atoms with Crippen molar-refractivity contribution in [3.63, 3.8) is 0 Å². The van der Waals surface area contributed by atoms with Gasteiger partial charge in [0.1, 0.15) is 0 Å². The molecule has 0 aliphatic heterocycles. The van der Waals surface area contributed by atoms with Crippen LogP contribution in [0, 0.1) is 23.5 Å². The lowest BCUT2D eigenvalue weighted by Gasteiger charge is -2.45. The fourth-order valence-electron chi connectivity index (χ4n) is 4.52. The number of rotatable bonds is 2. The second-order valence-corrected chi connectivity index (χ2v) is 6.78. The second kappa shape index (κ2) is 6.04. The molecular formula is C18H24F2O. The van der Waals surface area contributed by atoms with Crippen LogP contribution in [-0.2, 0) is 5.60 Å². The summed E-state index contributed by atoms with van der Waals surface area (Å²) in [7, 11) is 0. The lowest BCUT2D eigenvalue weighted by Crippen LogP contribution is -2.43. The van der Waals surface area contributed by atoms with Crippen LogP contribution in [0.2, 0.25) is 0 Å². The lowest BCUT2D eigenvalue weighted by molar-refractivity contribution is -0.0860. The van der Waals surface area contributed by atoms with Crippen molar-refractivity contribution in [3.8, 4) is 0 Å². The van der Waals surface area contributed by atoms with Crippen LogP contribution >= 0.6 is 0 Å². The predicted octanol–water partition coefficient (Wildman–Crippen LogP) is 4.92. The molecule has 0 saturated heterocycles. The van der Waals surface area contributed by atoms with Gasteiger partial charge < -0.3 is 5.11 Å². The van der Waals surface area contributed by atoms with Crippen molar-refractivity contribution in [3.05, 3.63) is 35.4 Å². The summed E-state index contributed by atoms with van der Waals surface area (Å²) < 4.78 is 27.8. The van der Waals surface area contributed by atoms with Crippen LogP contribution in [-0.4, -0.2) is 5.11 Å². The van der Waals surface area contributed by atoms with E-state index in [9.17, 15) is 13.9 Å². The third kappa shape index (κ3) is 2.73. The number of hydrogen-bond acceptors (Lipinski definition) is 1. The molecule has 0 amide bonds. The molecule has 2 aliphatic carbocycles. The van der Waals surface area contributed by atoms with Gasteiger partial charge in [-0.2, -0.15) is 0 Å². The van der Waals surface area contributed by atoms with E-state index in [1.165, 1.54) is 25.3 Å². The normalized spacial score (nSPS) is 31.3. The van der Waals surface area contributed by atoms with Crippen molar-refractivity contribution in [1.29, 1.82) is 0 Å². The molecule has 1 nitrogen and oxygen atoms in total. The molecule has 2 atom stereocenters. The number of aliphatic hydroxyl groups is 1. The van der Waals surface area contributed by atoms with E-state index >= 15 is 0 Å². The van der Waals surface area contributed by atoms with E-state index in [1.54, 1.807) is 6.07 Å². The SMILES string of the molecule is OC1(c2cccc(F)c2F)CCCCC1C1CCCCC1. The number of benzene rings is 1. The average molecular weight is 294 g/mol. The van der Waals surface area contributed by atoms with E-state index in [0.717, 1.165) is 38.2 Å². The van der Waals surface area contributed by atoms with Gasteiger partial charge in [0.2, 0.25) is 0 Å². The van der Waals surface area contributed by atoms with E-state index in [2.05, 4.69) is 0 Å². The van der Waals surface area contributed by atoms with Crippen LogP contribution in [0.1, 0.15) is 63.4 Å². The molecule has 2 fully saturated rings. The smallest absolute Gasteiger partial charge is 0.164 e. The lowest BCUT2D eigenvalue weighted by atomic mass is 9.63. The fourth-order valence-corrected chi connectivity index (χ4v) is 4.52. The van der Waals surface area contributed by atoms with Gasteiger partial charge in [-0.3, -0.25) is 0 Å². The maximum absolute atomic E-state index is 14.2. The van der Waals surface area contributed by atoms with Crippen molar-refractivity contribution in [2.75, 3.05) is 0 Å². The van der Waals surface area contributed by atoms with E-state index < -0.39 is 17.2 Å².